The lowest BCUT2D eigenvalue weighted by Crippen LogP contribution is -2.07. The minimum absolute atomic E-state index is 0.0642. The van der Waals surface area contributed by atoms with E-state index in [4.69, 9.17) is 10.2 Å². The smallest absolute Gasteiger partial charge is 0.0939 e. The molecular formula is C22H22N4O2. The quantitative estimate of drug-likeness (QED) is 0.397. The number of hydrogen-bond donors (Lipinski definition) is 4. The SMILES string of the molecule is OCCNc1ccc(-c2ccc(NCCO)c3ncccc23)c2cccnc12. The molecule has 2 aromatic carbocycles. The standard InChI is InChI=1S/C22H22N4O2/c27-13-11-23-19-7-5-15(17-3-1-9-25-21(17)19)16-6-8-20(24-12-14-28)22-18(16)4-2-10-26-22/h1-10,23-24,27-28H,11-14H2. The fourth-order valence-corrected chi connectivity index (χ4v) is 3.48. The van der Waals surface area contributed by atoms with Crippen LogP contribution in [0, 0.1) is 0 Å². The number of nitrogens with one attached hydrogen (secondary N) is 2. The Balaban J connectivity index is 1.90. The predicted molar refractivity (Wildman–Crippen MR) is 114 cm³/mol. The topological polar surface area (TPSA) is 90.3 Å². The van der Waals surface area contributed by atoms with E-state index >= 15 is 0 Å². The van der Waals surface area contributed by atoms with Crippen molar-refractivity contribution < 1.29 is 10.2 Å². The summed E-state index contributed by atoms with van der Waals surface area (Å²) in [6.07, 6.45) is 3.55. The number of aliphatic hydroxyl groups excluding tert-OH is 2. The molecule has 2 aromatic heterocycles. The summed E-state index contributed by atoms with van der Waals surface area (Å²) in [7, 11) is 0. The number of benzene rings is 2. The monoisotopic (exact) mass is 374 g/mol. The Morgan fingerprint density at radius 1 is 0.643 bits per heavy atom. The van der Waals surface area contributed by atoms with Gasteiger partial charge in [0.2, 0.25) is 0 Å². The average molecular weight is 374 g/mol. The molecule has 0 aliphatic carbocycles. The molecule has 0 atom stereocenters. The molecule has 0 bridgehead atoms. The molecule has 4 aromatic rings. The maximum atomic E-state index is 9.13. The van der Waals surface area contributed by atoms with E-state index in [2.05, 4.69) is 44.9 Å². The van der Waals surface area contributed by atoms with Crippen molar-refractivity contribution in [2.45, 2.75) is 0 Å². The Labute approximate surface area is 162 Å². The number of pyridine rings is 2. The molecule has 4 rings (SSSR count). The molecule has 4 N–H and O–H groups in total. The van der Waals surface area contributed by atoms with E-state index in [0.29, 0.717) is 13.1 Å². The van der Waals surface area contributed by atoms with Gasteiger partial charge in [-0.2, -0.15) is 0 Å². The molecule has 0 spiro atoms. The van der Waals surface area contributed by atoms with Gasteiger partial charge in [-0.3, -0.25) is 9.97 Å². The van der Waals surface area contributed by atoms with Crippen LogP contribution in [0.1, 0.15) is 0 Å². The second kappa shape index (κ2) is 8.21. The van der Waals surface area contributed by atoms with Crippen molar-refractivity contribution in [1.29, 1.82) is 0 Å². The molecule has 0 fully saturated rings. The molecule has 28 heavy (non-hydrogen) atoms. The van der Waals surface area contributed by atoms with Crippen molar-refractivity contribution >= 4 is 33.2 Å². The third-order valence-electron chi connectivity index (χ3n) is 4.68. The molecule has 0 saturated carbocycles. The summed E-state index contributed by atoms with van der Waals surface area (Å²) in [4.78, 5) is 9.12. The Kier molecular flexibility index (Phi) is 5.32. The van der Waals surface area contributed by atoms with Crippen LogP contribution in [0.5, 0.6) is 0 Å². The number of rotatable bonds is 7. The molecule has 0 aliphatic rings. The molecule has 142 valence electrons. The number of hydrogen-bond acceptors (Lipinski definition) is 6. The fourth-order valence-electron chi connectivity index (χ4n) is 3.48. The van der Waals surface area contributed by atoms with E-state index in [1.807, 2.05) is 24.3 Å². The number of anilines is 2. The van der Waals surface area contributed by atoms with Crippen LogP contribution in [0.3, 0.4) is 0 Å². The molecule has 0 unspecified atom stereocenters. The highest BCUT2D eigenvalue weighted by molar-refractivity contribution is 6.09. The second-order valence-corrected chi connectivity index (χ2v) is 6.42. The van der Waals surface area contributed by atoms with E-state index in [9.17, 15) is 0 Å². The van der Waals surface area contributed by atoms with Crippen LogP contribution in [-0.2, 0) is 0 Å². The predicted octanol–water partition coefficient (Wildman–Crippen LogP) is 3.26. The molecule has 6 heteroatoms. The summed E-state index contributed by atoms with van der Waals surface area (Å²) in [5.41, 5.74) is 5.68. The minimum Gasteiger partial charge on any atom is -0.395 e. The van der Waals surface area contributed by atoms with Crippen molar-refractivity contribution in [3.63, 3.8) is 0 Å². The average Bonchev–Trinajstić information content (AvgIpc) is 2.76. The van der Waals surface area contributed by atoms with Crippen LogP contribution in [-0.4, -0.2) is 46.5 Å². The third kappa shape index (κ3) is 3.35. The zero-order valence-electron chi connectivity index (χ0n) is 15.4. The Bertz CT molecular complexity index is 1020. The van der Waals surface area contributed by atoms with Gasteiger partial charge in [-0.15, -0.1) is 0 Å². The largest absolute Gasteiger partial charge is 0.395 e. The van der Waals surface area contributed by atoms with Gasteiger partial charge in [0.25, 0.3) is 0 Å². The lowest BCUT2D eigenvalue weighted by Gasteiger charge is -2.15. The molecule has 0 aliphatic heterocycles. The zero-order chi connectivity index (χ0) is 19.3. The molecule has 6 nitrogen and oxygen atoms in total. The van der Waals surface area contributed by atoms with Crippen molar-refractivity contribution in [1.82, 2.24) is 9.97 Å². The van der Waals surface area contributed by atoms with Gasteiger partial charge in [0.15, 0.2) is 0 Å². The van der Waals surface area contributed by atoms with Crippen LogP contribution < -0.4 is 10.6 Å². The van der Waals surface area contributed by atoms with E-state index in [1.165, 1.54) is 0 Å². The van der Waals surface area contributed by atoms with E-state index in [0.717, 1.165) is 44.3 Å². The maximum Gasteiger partial charge on any atom is 0.0939 e. The van der Waals surface area contributed by atoms with Crippen molar-refractivity contribution in [3.05, 3.63) is 60.9 Å². The van der Waals surface area contributed by atoms with E-state index in [1.54, 1.807) is 12.4 Å². The summed E-state index contributed by atoms with van der Waals surface area (Å²) in [6, 6.07) is 16.1. The van der Waals surface area contributed by atoms with Gasteiger partial charge in [-0.05, 0) is 35.4 Å². The van der Waals surface area contributed by atoms with E-state index < -0.39 is 0 Å². The summed E-state index contributed by atoms with van der Waals surface area (Å²) >= 11 is 0. The Morgan fingerprint density at radius 2 is 1.11 bits per heavy atom. The van der Waals surface area contributed by atoms with Gasteiger partial charge in [0.05, 0.1) is 35.6 Å². The highest BCUT2D eigenvalue weighted by Gasteiger charge is 2.13. The minimum atomic E-state index is 0.0642. The van der Waals surface area contributed by atoms with E-state index in [-0.39, 0.29) is 13.2 Å². The first-order chi connectivity index (χ1) is 13.8. The van der Waals surface area contributed by atoms with Crippen LogP contribution in [0.2, 0.25) is 0 Å². The fraction of sp³-hybridized carbons (Fsp3) is 0.182. The van der Waals surface area contributed by atoms with Gasteiger partial charge < -0.3 is 20.8 Å². The first kappa shape index (κ1) is 18.2. The van der Waals surface area contributed by atoms with Gasteiger partial charge >= 0.3 is 0 Å². The highest BCUT2D eigenvalue weighted by Crippen LogP contribution is 2.37. The number of aromatic nitrogens is 2. The van der Waals surface area contributed by atoms with Gasteiger partial charge in [-0.25, -0.2) is 0 Å². The Morgan fingerprint density at radius 3 is 1.54 bits per heavy atom. The van der Waals surface area contributed by atoms with Crippen molar-refractivity contribution in [2.24, 2.45) is 0 Å². The summed E-state index contributed by atoms with van der Waals surface area (Å²) < 4.78 is 0. The molecule has 2 heterocycles. The first-order valence-corrected chi connectivity index (χ1v) is 9.29. The molecular weight excluding hydrogens is 352 g/mol. The third-order valence-corrected chi connectivity index (χ3v) is 4.68. The lowest BCUT2D eigenvalue weighted by molar-refractivity contribution is 0.311. The van der Waals surface area contributed by atoms with Crippen molar-refractivity contribution in [3.8, 4) is 11.1 Å². The summed E-state index contributed by atoms with van der Waals surface area (Å²) in [5, 5.41) is 26.8. The van der Waals surface area contributed by atoms with Gasteiger partial charge in [0.1, 0.15) is 0 Å². The lowest BCUT2D eigenvalue weighted by atomic mass is 9.95. The first-order valence-electron chi connectivity index (χ1n) is 9.29. The zero-order valence-corrected chi connectivity index (χ0v) is 15.4. The Hall–Kier alpha value is -3.22. The number of fused-ring (bicyclic) bond motifs is 2. The summed E-state index contributed by atoms with van der Waals surface area (Å²) in [6.45, 7) is 1.08. The van der Waals surface area contributed by atoms with Crippen LogP contribution >= 0.6 is 0 Å². The van der Waals surface area contributed by atoms with Gasteiger partial charge in [0, 0.05) is 36.3 Å². The normalized spacial score (nSPS) is 11.1. The van der Waals surface area contributed by atoms with Crippen LogP contribution in [0.4, 0.5) is 11.4 Å². The van der Waals surface area contributed by atoms with Crippen molar-refractivity contribution in [2.75, 3.05) is 36.9 Å². The maximum absolute atomic E-state index is 9.13. The molecule has 0 amide bonds. The van der Waals surface area contributed by atoms with Crippen LogP contribution in [0.25, 0.3) is 32.9 Å². The number of aliphatic hydroxyl groups is 2. The number of nitrogens with zero attached hydrogens (tertiary/aromatic N) is 2. The van der Waals surface area contributed by atoms with Gasteiger partial charge in [-0.1, -0.05) is 24.3 Å². The molecule has 0 saturated heterocycles. The summed E-state index contributed by atoms with van der Waals surface area (Å²) in [5.74, 6) is 0. The second-order valence-electron chi connectivity index (χ2n) is 6.42. The van der Waals surface area contributed by atoms with Crippen LogP contribution in [0.15, 0.2) is 60.9 Å². The highest BCUT2D eigenvalue weighted by atomic mass is 16.3. The molecule has 0 radical (unpaired) electrons.